The normalized spacial score (nSPS) is 19.8. The largest absolute Gasteiger partial charge is 0.381 e. The van der Waals surface area contributed by atoms with Crippen LogP contribution >= 0.6 is 11.6 Å². The van der Waals surface area contributed by atoms with Crippen molar-refractivity contribution in [3.05, 3.63) is 53.3 Å². The molecule has 2 aliphatic heterocycles. The number of halogens is 2. The highest BCUT2D eigenvalue weighted by Crippen LogP contribution is 2.32. The molecule has 32 heavy (non-hydrogen) atoms. The number of hydrogen-bond donors (Lipinski definition) is 2. The summed E-state index contributed by atoms with van der Waals surface area (Å²) in [5, 5.41) is 6.13. The number of urea groups is 1. The molecule has 1 saturated heterocycles. The maximum absolute atomic E-state index is 13.5. The number of carbonyl (C=O) groups excluding carboxylic acids is 1. The van der Waals surface area contributed by atoms with Gasteiger partial charge in [0.25, 0.3) is 0 Å². The van der Waals surface area contributed by atoms with E-state index in [-0.39, 0.29) is 17.1 Å². The molecular weight excluding hydrogens is 457 g/mol. The highest BCUT2D eigenvalue weighted by molar-refractivity contribution is 7.88. The standard InChI is InChI=1S/C21H25ClFN5O3S/c1-32(30,31)27-10-8-26(9-11-27)14-16-13-24-19-4-2-3-5-20(19)28(16)21(29)25-15-6-7-18(23)17(22)12-15/h2-7,12,16,24H,8-11,13-14H2,1H3,(H,25,29). The lowest BCUT2D eigenvalue weighted by Gasteiger charge is -2.41. The van der Waals surface area contributed by atoms with Gasteiger partial charge >= 0.3 is 6.03 Å². The molecule has 1 unspecified atom stereocenters. The summed E-state index contributed by atoms with van der Waals surface area (Å²) in [5.41, 5.74) is 1.99. The number of para-hydroxylation sites is 2. The lowest BCUT2D eigenvalue weighted by molar-refractivity contribution is 0.179. The minimum absolute atomic E-state index is 0.0659. The van der Waals surface area contributed by atoms with Gasteiger partial charge in [-0.25, -0.2) is 17.6 Å². The molecule has 0 bridgehead atoms. The van der Waals surface area contributed by atoms with Crippen molar-refractivity contribution in [1.29, 1.82) is 0 Å². The van der Waals surface area contributed by atoms with Crippen LogP contribution in [-0.2, 0) is 10.0 Å². The number of amides is 2. The van der Waals surface area contributed by atoms with E-state index in [1.807, 2.05) is 24.3 Å². The summed E-state index contributed by atoms with van der Waals surface area (Å²) in [6.45, 7) is 3.16. The van der Waals surface area contributed by atoms with E-state index >= 15 is 0 Å². The van der Waals surface area contributed by atoms with Gasteiger partial charge in [0, 0.05) is 45.0 Å². The number of nitrogens with zero attached hydrogens (tertiary/aromatic N) is 3. The van der Waals surface area contributed by atoms with Crippen molar-refractivity contribution in [3.63, 3.8) is 0 Å². The number of benzene rings is 2. The SMILES string of the molecule is CS(=O)(=O)N1CCN(CC2CNc3ccccc3N2C(=O)Nc2ccc(F)c(Cl)c2)CC1. The van der Waals surface area contributed by atoms with E-state index in [4.69, 9.17) is 11.6 Å². The predicted octanol–water partition coefficient (Wildman–Crippen LogP) is 2.89. The van der Waals surface area contributed by atoms with Gasteiger partial charge in [0.2, 0.25) is 10.0 Å². The van der Waals surface area contributed by atoms with Gasteiger partial charge in [-0.3, -0.25) is 9.80 Å². The molecule has 0 saturated carbocycles. The molecule has 2 heterocycles. The fourth-order valence-corrected chi connectivity index (χ4v) is 5.08. The minimum atomic E-state index is -3.21. The van der Waals surface area contributed by atoms with Crippen molar-refractivity contribution in [1.82, 2.24) is 9.21 Å². The number of anilines is 3. The number of piperazine rings is 1. The molecule has 4 rings (SSSR count). The highest BCUT2D eigenvalue weighted by Gasteiger charge is 2.33. The molecule has 8 nitrogen and oxygen atoms in total. The first-order valence-electron chi connectivity index (χ1n) is 10.3. The predicted molar refractivity (Wildman–Crippen MR) is 124 cm³/mol. The Balaban J connectivity index is 1.52. The molecule has 2 amide bonds. The Morgan fingerprint density at radius 2 is 1.91 bits per heavy atom. The van der Waals surface area contributed by atoms with Crippen molar-refractivity contribution in [3.8, 4) is 0 Å². The highest BCUT2D eigenvalue weighted by atomic mass is 35.5. The zero-order valence-corrected chi connectivity index (χ0v) is 19.2. The van der Waals surface area contributed by atoms with Gasteiger partial charge in [0.1, 0.15) is 5.82 Å². The molecule has 0 spiro atoms. The average molecular weight is 482 g/mol. The van der Waals surface area contributed by atoms with Crippen LogP contribution < -0.4 is 15.5 Å². The van der Waals surface area contributed by atoms with Crippen LogP contribution in [0, 0.1) is 5.82 Å². The lowest BCUT2D eigenvalue weighted by Crippen LogP contribution is -2.57. The fourth-order valence-electron chi connectivity index (χ4n) is 4.07. The second-order valence-corrected chi connectivity index (χ2v) is 10.3. The van der Waals surface area contributed by atoms with Crippen LogP contribution in [0.3, 0.4) is 0 Å². The Labute approximate surface area is 192 Å². The number of fused-ring (bicyclic) bond motifs is 1. The second-order valence-electron chi connectivity index (χ2n) is 7.94. The van der Waals surface area contributed by atoms with Crippen molar-refractivity contribution in [2.24, 2.45) is 0 Å². The summed E-state index contributed by atoms with van der Waals surface area (Å²) >= 11 is 5.86. The zero-order valence-electron chi connectivity index (χ0n) is 17.6. The van der Waals surface area contributed by atoms with Crippen LogP contribution in [0.15, 0.2) is 42.5 Å². The van der Waals surface area contributed by atoms with Gasteiger partial charge in [0.05, 0.1) is 28.7 Å². The summed E-state index contributed by atoms with van der Waals surface area (Å²) in [4.78, 5) is 17.2. The zero-order chi connectivity index (χ0) is 22.9. The third-order valence-electron chi connectivity index (χ3n) is 5.72. The first-order chi connectivity index (χ1) is 15.2. The van der Waals surface area contributed by atoms with Crippen molar-refractivity contribution >= 4 is 44.7 Å². The number of hydrogen-bond acceptors (Lipinski definition) is 5. The molecule has 2 aliphatic rings. The molecule has 2 aromatic carbocycles. The van der Waals surface area contributed by atoms with Gasteiger partial charge in [-0.15, -0.1) is 0 Å². The summed E-state index contributed by atoms with van der Waals surface area (Å²) in [6, 6.07) is 11.1. The third kappa shape index (κ3) is 4.98. The summed E-state index contributed by atoms with van der Waals surface area (Å²) in [5.74, 6) is -0.553. The minimum Gasteiger partial charge on any atom is -0.381 e. The van der Waals surface area contributed by atoms with Crippen LogP contribution in [0.25, 0.3) is 0 Å². The van der Waals surface area contributed by atoms with Crippen LogP contribution in [0.5, 0.6) is 0 Å². The van der Waals surface area contributed by atoms with Crippen LogP contribution in [0.1, 0.15) is 0 Å². The summed E-state index contributed by atoms with van der Waals surface area (Å²) in [7, 11) is -3.21. The molecule has 1 atom stereocenters. The molecule has 0 radical (unpaired) electrons. The van der Waals surface area contributed by atoms with E-state index in [1.54, 1.807) is 4.90 Å². The van der Waals surface area contributed by atoms with Gasteiger partial charge < -0.3 is 10.6 Å². The lowest BCUT2D eigenvalue weighted by atomic mass is 10.1. The van der Waals surface area contributed by atoms with Crippen LogP contribution in [0.2, 0.25) is 5.02 Å². The van der Waals surface area contributed by atoms with Gasteiger partial charge in [-0.1, -0.05) is 23.7 Å². The van der Waals surface area contributed by atoms with E-state index in [2.05, 4.69) is 15.5 Å². The topological polar surface area (TPSA) is 85.0 Å². The molecule has 0 aliphatic carbocycles. The number of rotatable bonds is 4. The van der Waals surface area contributed by atoms with E-state index in [0.717, 1.165) is 11.4 Å². The van der Waals surface area contributed by atoms with Gasteiger partial charge in [-0.2, -0.15) is 4.31 Å². The third-order valence-corrected chi connectivity index (χ3v) is 7.31. The summed E-state index contributed by atoms with van der Waals surface area (Å²) in [6.07, 6.45) is 1.22. The van der Waals surface area contributed by atoms with E-state index < -0.39 is 15.8 Å². The van der Waals surface area contributed by atoms with Crippen LogP contribution in [0.4, 0.5) is 26.2 Å². The van der Waals surface area contributed by atoms with E-state index in [1.165, 1.54) is 28.8 Å². The van der Waals surface area contributed by atoms with E-state index in [0.29, 0.717) is 45.0 Å². The molecule has 2 aromatic rings. The number of carbonyl (C=O) groups is 1. The fraction of sp³-hybridized carbons (Fsp3) is 0.381. The van der Waals surface area contributed by atoms with Crippen molar-refractivity contribution in [2.45, 2.75) is 6.04 Å². The summed E-state index contributed by atoms with van der Waals surface area (Å²) < 4.78 is 38.5. The molecule has 0 aromatic heterocycles. The average Bonchev–Trinajstić information content (AvgIpc) is 2.76. The van der Waals surface area contributed by atoms with E-state index in [9.17, 15) is 17.6 Å². The Morgan fingerprint density at radius 1 is 1.19 bits per heavy atom. The maximum Gasteiger partial charge on any atom is 0.326 e. The van der Waals surface area contributed by atoms with Crippen molar-refractivity contribution < 1.29 is 17.6 Å². The molecular formula is C21H25ClFN5O3S. The Bertz CT molecular complexity index is 1110. The quantitative estimate of drug-likeness (QED) is 0.701. The molecule has 2 N–H and O–H groups in total. The Morgan fingerprint density at radius 3 is 2.59 bits per heavy atom. The first-order valence-corrected chi connectivity index (χ1v) is 12.5. The van der Waals surface area contributed by atoms with Crippen molar-refractivity contribution in [2.75, 3.05) is 61.1 Å². The van der Waals surface area contributed by atoms with Gasteiger partial charge in [-0.05, 0) is 30.3 Å². The van der Waals surface area contributed by atoms with Gasteiger partial charge in [0.15, 0.2) is 0 Å². The Hall–Kier alpha value is -2.40. The molecule has 172 valence electrons. The monoisotopic (exact) mass is 481 g/mol. The maximum atomic E-state index is 13.5. The first kappa shape index (κ1) is 22.8. The van der Waals surface area contributed by atoms with Crippen LogP contribution in [-0.4, -0.2) is 75.2 Å². The number of nitrogens with one attached hydrogen (secondary N) is 2. The second kappa shape index (κ2) is 9.22. The molecule has 11 heteroatoms. The smallest absolute Gasteiger partial charge is 0.326 e. The number of sulfonamides is 1. The Kier molecular flexibility index (Phi) is 6.57. The molecule has 1 fully saturated rings.